The van der Waals surface area contributed by atoms with E-state index in [1.807, 2.05) is 31.8 Å². The molecular weight excluding hydrogens is 416 g/mol. The van der Waals surface area contributed by atoms with Crippen molar-refractivity contribution in [1.29, 1.82) is 0 Å². The Morgan fingerprint density at radius 2 is 1.79 bits per heavy atom. The number of rotatable bonds is 6. The molecule has 8 nitrogen and oxygen atoms in total. The van der Waals surface area contributed by atoms with Crippen molar-refractivity contribution >= 4 is 5.96 Å². The Labute approximate surface area is 194 Å². The summed E-state index contributed by atoms with van der Waals surface area (Å²) in [6.45, 7) is 6.70. The van der Waals surface area contributed by atoms with E-state index >= 15 is 0 Å². The molecule has 3 heterocycles. The van der Waals surface area contributed by atoms with Crippen LogP contribution in [0.2, 0.25) is 0 Å². The highest BCUT2D eigenvalue weighted by atomic mass is 16.7. The maximum absolute atomic E-state index is 5.51. The molecule has 0 amide bonds. The molecule has 2 aliphatic heterocycles. The van der Waals surface area contributed by atoms with Crippen LogP contribution >= 0.6 is 0 Å². The van der Waals surface area contributed by atoms with Crippen LogP contribution in [0.25, 0.3) is 0 Å². The minimum Gasteiger partial charge on any atom is -0.454 e. The summed E-state index contributed by atoms with van der Waals surface area (Å²) in [6, 6.07) is 14.9. The average molecular weight is 447 g/mol. The smallest absolute Gasteiger partial charge is 0.231 e. The maximum atomic E-state index is 5.51. The summed E-state index contributed by atoms with van der Waals surface area (Å²) in [5.41, 5.74) is 3.76. The molecule has 1 N–H and O–H groups in total. The van der Waals surface area contributed by atoms with Crippen molar-refractivity contribution in [1.82, 2.24) is 24.7 Å². The van der Waals surface area contributed by atoms with E-state index in [9.17, 15) is 0 Å². The molecule has 2 aromatic carbocycles. The number of fused-ring (bicyclic) bond motifs is 1. The summed E-state index contributed by atoms with van der Waals surface area (Å²) in [5, 5.41) is 3.54. The van der Waals surface area contributed by atoms with E-state index in [0.717, 1.165) is 63.3 Å². The lowest BCUT2D eigenvalue weighted by molar-refractivity contribution is 0.171. The predicted molar refractivity (Wildman–Crippen MR) is 127 cm³/mol. The first-order chi connectivity index (χ1) is 16.3. The molecular formula is C25H30N6O2. The first-order valence-corrected chi connectivity index (χ1v) is 11.4. The SMILES string of the molecule is CN=C(NCc1cccc(Cn2ccnc2)c1)N1CCN(Cc2ccc3c(c2)OCO3)CC1. The molecule has 0 atom stereocenters. The van der Waals surface area contributed by atoms with Crippen LogP contribution in [0, 0.1) is 0 Å². The molecule has 0 saturated carbocycles. The van der Waals surface area contributed by atoms with Gasteiger partial charge in [0.05, 0.1) is 6.33 Å². The van der Waals surface area contributed by atoms with Gasteiger partial charge >= 0.3 is 0 Å². The van der Waals surface area contributed by atoms with Gasteiger partial charge < -0.3 is 24.3 Å². The van der Waals surface area contributed by atoms with Gasteiger partial charge in [0, 0.05) is 65.3 Å². The zero-order valence-electron chi connectivity index (χ0n) is 19.0. The van der Waals surface area contributed by atoms with E-state index in [4.69, 9.17) is 9.47 Å². The number of hydrogen-bond donors (Lipinski definition) is 1. The number of guanidine groups is 1. The second-order valence-electron chi connectivity index (χ2n) is 8.41. The molecule has 1 saturated heterocycles. The maximum Gasteiger partial charge on any atom is 0.231 e. The molecule has 8 heteroatoms. The van der Waals surface area contributed by atoms with Gasteiger partial charge in [0.2, 0.25) is 6.79 Å². The molecule has 0 radical (unpaired) electrons. The van der Waals surface area contributed by atoms with Crippen molar-refractivity contribution in [3.63, 3.8) is 0 Å². The minimum absolute atomic E-state index is 0.318. The van der Waals surface area contributed by atoms with Crippen LogP contribution in [0.1, 0.15) is 16.7 Å². The van der Waals surface area contributed by atoms with Gasteiger partial charge in [0.1, 0.15) is 0 Å². The zero-order valence-corrected chi connectivity index (χ0v) is 19.0. The Morgan fingerprint density at radius 1 is 0.970 bits per heavy atom. The molecule has 172 valence electrons. The summed E-state index contributed by atoms with van der Waals surface area (Å²) in [5.74, 6) is 2.65. The van der Waals surface area contributed by atoms with Crippen molar-refractivity contribution in [2.75, 3.05) is 40.0 Å². The Kier molecular flexibility index (Phi) is 6.44. The number of nitrogens with zero attached hydrogens (tertiary/aromatic N) is 5. The van der Waals surface area contributed by atoms with Gasteiger partial charge in [-0.2, -0.15) is 0 Å². The Morgan fingerprint density at radius 3 is 2.61 bits per heavy atom. The van der Waals surface area contributed by atoms with Crippen molar-refractivity contribution in [3.05, 3.63) is 77.9 Å². The fourth-order valence-electron chi connectivity index (χ4n) is 4.36. The van der Waals surface area contributed by atoms with Gasteiger partial charge in [-0.25, -0.2) is 4.98 Å². The van der Waals surface area contributed by atoms with Gasteiger partial charge in [-0.05, 0) is 28.8 Å². The van der Waals surface area contributed by atoms with E-state index in [1.165, 1.54) is 16.7 Å². The van der Waals surface area contributed by atoms with Crippen LogP contribution < -0.4 is 14.8 Å². The van der Waals surface area contributed by atoms with Crippen LogP contribution in [0.5, 0.6) is 11.5 Å². The number of aromatic nitrogens is 2. The van der Waals surface area contributed by atoms with E-state index in [-0.39, 0.29) is 0 Å². The fraction of sp³-hybridized carbons (Fsp3) is 0.360. The number of piperazine rings is 1. The molecule has 5 rings (SSSR count). The van der Waals surface area contributed by atoms with E-state index in [0.29, 0.717) is 6.79 Å². The average Bonchev–Trinajstić information content (AvgIpc) is 3.52. The normalized spacial score (nSPS) is 16.3. The molecule has 3 aromatic rings. The van der Waals surface area contributed by atoms with Crippen molar-refractivity contribution in [2.24, 2.45) is 4.99 Å². The lowest BCUT2D eigenvalue weighted by Crippen LogP contribution is -2.52. The molecule has 2 aliphatic rings. The predicted octanol–water partition coefficient (Wildman–Crippen LogP) is 2.55. The highest BCUT2D eigenvalue weighted by Crippen LogP contribution is 2.32. The van der Waals surface area contributed by atoms with Gasteiger partial charge in [-0.3, -0.25) is 9.89 Å². The van der Waals surface area contributed by atoms with E-state index in [2.05, 4.69) is 66.1 Å². The van der Waals surface area contributed by atoms with Crippen molar-refractivity contribution < 1.29 is 9.47 Å². The summed E-state index contributed by atoms with van der Waals surface area (Å²) in [6.07, 6.45) is 5.64. The topological polar surface area (TPSA) is 67.2 Å². The summed E-state index contributed by atoms with van der Waals surface area (Å²) >= 11 is 0. The number of imidazole rings is 1. The third kappa shape index (κ3) is 5.28. The second-order valence-corrected chi connectivity index (χ2v) is 8.41. The minimum atomic E-state index is 0.318. The molecule has 0 bridgehead atoms. The van der Waals surface area contributed by atoms with Crippen molar-refractivity contribution in [2.45, 2.75) is 19.6 Å². The highest BCUT2D eigenvalue weighted by molar-refractivity contribution is 5.80. The quantitative estimate of drug-likeness (QED) is 0.464. The van der Waals surface area contributed by atoms with Crippen LogP contribution in [0.3, 0.4) is 0 Å². The number of hydrogen-bond acceptors (Lipinski definition) is 5. The number of ether oxygens (including phenoxy) is 2. The summed E-state index contributed by atoms with van der Waals surface area (Å²) in [7, 11) is 1.86. The van der Waals surface area contributed by atoms with Gasteiger partial charge in [0.25, 0.3) is 0 Å². The van der Waals surface area contributed by atoms with Crippen LogP contribution in [0.15, 0.2) is 66.2 Å². The Balaban J connectivity index is 1.11. The Bertz CT molecular complexity index is 1090. The first kappa shape index (κ1) is 21.3. The van der Waals surface area contributed by atoms with Crippen LogP contribution in [0.4, 0.5) is 0 Å². The second kappa shape index (κ2) is 9.95. The largest absolute Gasteiger partial charge is 0.454 e. The third-order valence-corrected chi connectivity index (χ3v) is 6.09. The Hall–Kier alpha value is -3.52. The number of benzene rings is 2. The number of nitrogens with one attached hydrogen (secondary N) is 1. The van der Waals surface area contributed by atoms with Crippen molar-refractivity contribution in [3.8, 4) is 11.5 Å². The van der Waals surface area contributed by atoms with E-state index < -0.39 is 0 Å². The fourth-order valence-corrected chi connectivity index (χ4v) is 4.36. The van der Waals surface area contributed by atoms with Crippen LogP contribution in [-0.4, -0.2) is 65.3 Å². The first-order valence-electron chi connectivity index (χ1n) is 11.4. The monoisotopic (exact) mass is 446 g/mol. The lowest BCUT2D eigenvalue weighted by Gasteiger charge is -2.36. The molecule has 1 fully saturated rings. The van der Waals surface area contributed by atoms with Gasteiger partial charge in [-0.1, -0.05) is 30.3 Å². The highest BCUT2D eigenvalue weighted by Gasteiger charge is 2.21. The zero-order chi connectivity index (χ0) is 22.5. The van der Waals surface area contributed by atoms with Gasteiger partial charge in [-0.15, -0.1) is 0 Å². The summed E-state index contributed by atoms with van der Waals surface area (Å²) < 4.78 is 13.0. The van der Waals surface area contributed by atoms with Gasteiger partial charge in [0.15, 0.2) is 17.5 Å². The standard InChI is InChI=1S/C25H30N6O2/c1-26-25(28-15-20-3-2-4-21(13-20)17-30-8-7-27-18-30)31-11-9-29(10-12-31)16-22-5-6-23-24(14-22)33-19-32-23/h2-8,13-14,18H,9-12,15-17,19H2,1H3,(H,26,28). The molecule has 1 aromatic heterocycles. The molecule has 33 heavy (non-hydrogen) atoms. The third-order valence-electron chi connectivity index (χ3n) is 6.09. The summed E-state index contributed by atoms with van der Waals surface area (Å²) in [4.78, 5) is 13.5. The van der Waals surface area contributed by atoms with E-state index in [1.54, 1.807) is 0 Å². The molecule has 0 unspecified atom stereocenters. The number of aliphatic imine (C=N–C) groups is 1. The lowest BCUT2D eigenvalue weighted by atomic mass is 10.1. The molecule has 0 aliphatic carbocycles. The van der Waals surface area contributed by atoms with Crippen LogP contribution in [-0.2, 0) is 19.6 Å². The molecule has 0 spiro atoms.